The summed E-state index contributed by atoms with van der Waals surface area (Å²) in [7, 11) is 0. The molecule has 4 heteroatoms. The minimum Gasteiger partial charge on any atom is -0.258 e. The molecule has 60 valence electrons. The van der Waals surface area contributed by atoms with E-state index in [2.05, 4.69) is 10.9 Å². The van der Waals surface area contributed by atoms with Crippen LogP contribution in [0.15, 0.2) is 12.4 Å². The minimum atomic E-state index is -0.533. The van der Waals surface area contributed by atoms with E-state index in [4.69, 9.17) is 6.42 Å². The molecule has 0 saturated heterocycles. The predicted molar refractivity (Wildman–Crippen MR) is 43.6 cm³/mol. The largest absolute Gasteiger partial charge is 0.303 e. The van der Waals surface area contributed by atoms with Gasteiger partial charge in [-0.3, -0.25) is 15.1 Å². The summed E-state index contributed by atoms with van der Waals surface area (Å²) in [6, 6.07) is 0. The van der Waals surface area contributed by atoms with Gasteiger partial charge in [0.25, 0.3) is 0 Å². The zero-order chi connectivity index (χ0) is 9.14. The normalized spacial score (nSPS) is 9.00. The fraction of sp³-hybridized carbons (Fsp3) is 0.125. The van der Waals surface area contributed by atoms with Crippen LogP contribution in [0, 0.1) is 29.4 Å². The maximum atomic E-state index is 10.4. The molecule has 0 aromatic carbocycles. The van der Waals surface area contributed by atoms with Crippen LogP contribution in [-0.4, -0.2) is 9.91 Å². The highest BCUT2D eigenvalue weighted by Crippen LogP contribution is 2.18. The van der Waals surface area contributed by atoms with Crippen molar-refractivity contribution in [3.63, 3.8) is 0 Å². The molecule has 0 bridgehead atoms. The van der Waals surface area contributed by atoms with Crippen LogP contribution in [0.4, 0.5) is 5.69 Å². The molecule has 0 amide bonds. The lowest BCUT2D eigenvalue weighted by atomic mass is 10.1. The van der Waals surface area contributed by atoms with Crippen molar-refractivity contribution in [3.05, 3.63) is 33.6 Å². The Morgan fingerprint density at radius 3 is 2.75 bits per heavy atom. The van der Waals surface area contributed by atoms with E-state index in [-0.39, 0.29) is 5.69 Å². The predicted octanol–water partition coefficient (Wildman–Crippen LogP) is 1.28. The third-order valence-corrected chi connectivity index (χ3v) is 1.46. The summed E-state index contributed by atoms with van der Waals surface area (Å²) < 4.78 is 0. The van der Waals surface area contributed by atoms with Gasteiger partial charge in [-0.2, -0.15) is 0 Å². The second-order valence-electron chi connectivity index (χ2n) is 2.25. The van der Waals surface area contributed by atoms with E-state index in [1.165, 1.54) is 6.20 Å². The van der Waals surface area contributed by atoms with Gasteiger partial charge in [-0.25, -0.2) is 0 Å². The Labute approximate surface area is 69.4 Å². The molecule has 0 saturated carbocycles. The van der Waals surface area contributed by atoms with Crippen molar-refractivity contribution in [1.82, 2.24) is 4.98 Å². The van der Waals surface area contributed by atoms with E-state index >= 15 is 0 Å². The molecular formula is C8H6N2O2. The molecule has 1 rings (SSSR count). The van der Waals surface area contributed by atoms with Crippen molar-refractivity contribution in [2.45, 2.75) is 6.92 Å². The highest BCUT2D eigenvalue weighted by Gasteiger charge is 2.13. The van der Waals surface area contributed by atoms with Gasteiger partial charge < -0.3 is 0 Å². The first kappa shape index (κ1) is 8.21. The molecule has 0 radical (unpaired) electrons. The van der Waals surface area contributed by atoms with Crippen molar-refractivity contribution in [1.29, 1.82) is 0 Å². The monoisotopic (exact) mass is 162 g/mol. The Hall–Kier alpha value is -1.89. The van der Waals surface area contributed by atoms with E-state index in [0.29, 0.717) is 11.1 Å². The summed E-state index contributed by atoms with van der Waals surface area (Å²) in [5.41, 5.74) is 0.833. The molecule has 1 aromatic rings. The second-order valence-corrected chi connectivity index (χ2v) is 2.25. The lowest BCUT2D eigenvalue weighted by molar-refractivity contribution is -0.385. The average molecular weight is 162 g/mol. The fourth-order valence-electron chi connectivity index (χ4n) is 0.877. The van der Waals surface area contributed by atoms with Crippen LogP contribution in [0.3, 0.4) is 0 Å². The number of hydrogen-bond acceptors (Lipinski definition) is 3. The molecule has 4 nitrogen and oxygen atoms in total. The highest BCUT2D eigenvalue weighted by molar-refractivity contribution is 5.52. The molecule has 1 aromatic heterocycles. The van der Waals surface area contributed by atoms with Gasteiger partial charge in [0.05, 0.1) is 4.92 Å². The van der Waals surface area contributed by atoms with Gasteiger partial charge in [-0.15, -0.1) is 6.42 Å². The lowest BCUT2D eigenvalue weighted by Crippen LogP contribution is -1.95. The molecule has 0 atom stereocenters. The SMILES string of the molecule is C#Cc1c(C)cncc1[N+](=O)[O-]. The zero-order valence-corrected chi connectivity index (χ0v) is 6.44. The summed E-state index contributed by atoms with van der Waals surface area (Å²) >= 11 is 0. The van der Waals surface area contributed by atoms with E-state index in [0.717, 1.165) is 6.20 Å². The topological polar surface area (TPSA) is 56.0 Å². The van der Waals surface area contributed by atoms with Gasteiger partial charge in [0.2, 0.25) is 0 Å². The first-order chi connectivity index (χ1) is 5.66. The van der Waals surface area contributed by atoms with Crippen molar-refractivity contribution < 1.29 is 4.92 Å². The molecule has 0 unspecified atom stereocenters. The second kappa shape index (κ2) is 3.01. The van der Waals surface area contributed by atoms with Crippen LogP contribution >= 0.6 is 0 Å². The van der Waals surface area contributed by atoms with Crippen molar-refractivity contribution in [3.8, 4) is 12.3 Å². The number of rotatable bonds is 1. The Morgan fingerprint density at radius 1 is 1.67 bits per heavy atom. The van der Waals surface area contributed by atoms with Gasteiger partial charge >= 0.3 is 5.69 Å². The van der Waals surface area contributed by atoms with E-state index in [1.54, 1.807) is 6.92 Å². The van der Waals surface area contributed by atoms with Crippen LogP contribution in [-0.2, 0) is 0 Å². The van der Waals surface area contributed by atoms with Crippen LogP contribution in [0.1, 0.15) is 11.1 Å². The zero-order valence-electron chi connectivity index (χ0n) is 6.44. The first-order valence-corrected chi connectivity index (χ1v) is 3.22. The van der Waals surface area contributed by atoms with Gasteiger partial charge in [-0.05, 0) is 12.5 Å². The number of terminal acetylenes is 1. The first-order valence-electron chi connectivity index (χ1n) is 3.22. The van der Waals surface area contributed by atoms with Gasteiger partial charge in [0.1, 0.15) is 11.8 Å². The standard InChI is InChI=1S/C8H6N2O2/c1-3-7-6(2)4-9-5-8(7)10(11)12/h1,4-5H,2H3. The number of nitro groups is 1. The molecule has 0 aliphatic carbocycles. The quantitative estimate of drug-likeness (QED) is 0.355. The summed E-state index contributed by atoms with van der Waals surface area (Å²) in [4.78, 5) is 13.5. The smallest absolute Gasteiger partial charge is 0.258 e. The Bertz CT molecular complexity index is 366. The number of aryl methyl sites for hydroxylation is 1. The summed E-state index contributed by atoms with van der Waals surface area (Å²) in [6.45, 7) is 1.69. The van der Waals surface area contributed by atoms with Crippen LogP contribution < -0.4 is 0 Å². The molecule has 0 N–H and O–H groups in total. The van der Waals surface area contributed by atoms with Crippen molar-refractivity contribution in [2.24, 2.45) is 0 Å². The van der Waals surface area contributed by atoms with E-state index in [1.807, 2.05) is 0 Å². The van der Waals surface area contributed by atoms with Crippen molar-refractivity contribution in [2.75, 3.05) is 0 Å². The van der Waals surface area contributed by atoms with Crippen LogP contribution in [0.25, 0.3) is 0 Å². The highest BCUT2D eigenvalue weighted by atomic mass is 16.6. The molecule has 1 heterocycles. The summed E-state index contributed by atoms with van der Waals surface area (Å²) in [6.07, 6.45) is 7.76. The molecule has 0 aliphatic rings. The fourth-order valence-corrected chi connectivity index (χ4v) is 0.877. The average Bonchev–Trinajstić information content (AvgIpc) is 2.03. The van der Waals surface area contributed by atoms with Crippen LogP contribution in [0.5, 0.6) is 0 Å². The van der Waals surface area contributed by atoms with Gasteiger partial charge in [0, 0.05) is 6.20 Å². The number of hydrogen-bond donors (Lipinski definition) is 0. The molecule has 0 fully saturated rings. The third-order valence-electron chi connectivity index (χ3n) is 1.46. The Morgan fingerprint density at radius 2 is 2.33 bits per heavy atom. The summed E-state index contributed by atoms with van der Waals surface area (Å²) in [5, 5.41) is 10.4. The van der Waals surface area contributed by atoms with Crippen LogP contribution in [0.2, 0.25) is 0 Å². The van der Waals surface area contributed by atoms with E-state index in [9.17, 15) is 10.1 Å². The molecular weight excluding hydrogens is 156 g/mol. The number of nitrogens with zero attached hydrogens (tertiary/aromatic N) is 2. The maximum absolute atomic E-state index is 10.4. The van der Waals surface area contributed by atoms with Crippen molar-refractivity contribution >= 4 is 5.69 Å². The van der Waals surface area contributed by atoms with E-state index < -0.39 is 4.92 Å². The number of pyridine rings is 1. The summed E-state index contributed by atoms with van der Waals surface area (Å²) in [5.74, 6) is 2.26. The van der Waals surface area contributed by atoms with Gasteiger partial charge in [0.15, 0.2) is 0 Å². The molecule has 0 spiro atoms. The number of aromatic nitrogens is 1. The minimum absolute atomic E-state index is 0.113. The third kappa shape index (κ3) is 1.25. The lowest BCUT2D eigenvalue weighted by Gasteiger charge is -1.97. The molecule has 0 aliphatic heterocycles. The Balaban J connectivity index is 3.40. The molecule has 12 heavy (non-hydrogen) atoms. The maximum Gasteiger partial charge on any atom is 0.303 e. The Kier molecular flexibility index (Phi) is 2.06. The van der Waals surface area contributed by atoms with Gasteiger partial charge in [-0.1, -0.05) is 5.92 Å².